The second-order valence-electron chi connectivity index (χ2n) is 2.88. The molecule has 5 heteroatoms. The van der Waals surface area contributed by atoms with Crippen LogP contribution in [0, 0.1) is 12.3 Å². The summed E-state index contributed by atoms with van der Waals surface area (Å²) in [5, 5.41) is 2.84. The SMILES string of the molecule is C#CCNCC(C)OCCC(F)(F)F. The van der Waals surface area contributed by atoms with Gasteiger partial charge in [0.05, 0.1) is 25.7 Å². The number of nitrogens with one attached hydrogen (secondary N) is 1. The molecule has 0 aromatic rings. The Labute approximate surface area is 81.8 Å². The first-order valence-electron chi connectivity index (χ1n) is 4.28. The van der Waals surface area contributed by atoms with Crippen molar-refractivity contribution in [1.29, 1.82) is 0 Å². The molecule has 0 saturated carbocycles. The van der Waals surface area contributed by atoms with Gasteiger partial charge < -0.3 is 10.1 Å². The fraction of sp³-hybridized carbons (Fsp3) is 0.778. The van der Waals surface area contributed by atoms with Crippen LogP contribution in [0.4, 0.5) is 13.2 Å². The smallest absolute Gasteiger partial charge is 0.377 e. The summed E-state index contributed by atoms with van der Waals surface area (Å²) in [6.07, 6.45) is -0.346. The average molecular weight is 209 g/mol. The zero-order chi connectivity index (χ0) is 11.0. The molecule has 14 heavy (non-hydrogen) atoms. The molecule has 0 aromatic carbocycles. The minimum atomic E-state index is -4.15. The van der Waals surface area contributed by atoms with E-state index in [-0.39, 0.29) is 12.7 Å². The molecule has 1 unspecified atom stereocenters. The Morgan fingerprint density at radius 3 is 2.64 bits per heavy atom. The summed E-state index contributed by atoms with van der Waals surface area (Å²) in [4.78, 5) is 0. The molecular weight excluding hydrogens is 195 g/mol. The zero-order valence-electron chi connectivity index (χ0n) is 8.03. The molecule has 0 radical (unpaired) electrons. The van der Waals surface area contributed by atoms with Gasteiger partial charge in [-0.15, -0.1) is 6.42 Å². The highest BCUT2D eigenvalue weighted by Gasteiger charge is 2.26. The number of rotatable bonds is 6. The van der Waals surface area contributed by atoms with Crippen LogP contribution in [0.3, 0.4) is 0 Å². The van der Waals surface area contributed by atoms with E-state index in [0.29, 0.717) is 13.1 Å². The molecule has 0 rings (SSSR count). The molecule has 0 aliphatic carbocycles. The lowest BCUT2D eigenvalue weighted by Crippen LogP contribution is -2.28. The van der Waals surface area contributed by atoms with Gasteiger partial charge in [0.25, 0.3) is 0 Å². The van der Waals surface area contributed by atoms with Gasteiger partial charge in [-0.25, -0.2) is 0 Å². The van der Waals surface area contributed by atoms with Crippen molar-refractivity contribution in [3.8, 4) is 12.3 Å². The van der Waals surface area contributed by atoms with Crippen LogP contribution in [0.25, 0.3) is 0 Å². The molecule has 0 saturated heterocycles. The van der Waals surface area contributed by atoms with Crippen molar-refractivity contribution in [2.24, 2.45) is 0 Å². The number of hydrogen-bond acceptors (Lipinski definition) is 2. The summed E-state index contributed by atoms with van der Waals surface area (Å²) in [6.45, 7) is 2.25. The quantitative estimate of drug-likeness (QED) is 0.529. The topological polar surface area (TPSA) is 21.3 Å². The summed E-state index contributed by atoms with van der Waals surface area (Å²) < 4.78 is 40.0. The summed E-state index contributed by atoms with van der Waals surface area (Å²) in [6, 6.07) is 0. The molecule has 0 aromatic heterocycles. The maximum absolute atomic E-state index is 11.7. The predicted molar refractivity (Wildman–Crippen MR) is 47.8 cm³/mol. The number of alkyl halides is 3. The number of halogens is 3. The standard InChI is InChI=1S/C9H14F3NO/c1-3-5-13-7-8(2)14-6-4-9(10,11)12/h1,8,13H,4-7H2,2H3. The first-order chi connectivity index (χ1) is 6.45. The van der Waals surface area contributed by atoms with E-state index >= 15 is 0 Å². The fourth-order valence-corrected chi connectivity index (χ4v) is 0.782. The highest BCUT2D eigenvalue weighted by Crippen LogP contribution is 2.19. The van der Waals surface area contributed by atoms with Crippen LogP contribution in [0.5, 0.6) is 0 Å². The molecule has 0 amide bonds. The fourth-order valence-electron chi connectivity index (χ4n) is 0.782. The van der Waals surface area contributed by atoms with Crippen molar-refractivity contribution in [3.63, 3.8) is 0 Å². The van der Waals surface area contributed by atoms with Gasteiger partial charge in [0, 0.05) is 6.54 Å². The van der Waals surface area contributed by atoms with Crippen LogP contribution in [-0.4, -0.2) is 32.0 Å². The third-order valence-electron chi connectivity index (χ3n) is 1.45. The van der Waals surface area contributed by atoms with E-state index in [4.69, 9.17) is 11.2 Å². The minimum Gasteiger partial charge on any atom is -0.377 e. The van der Waals surface area contributed by atoms with Gasteiger partial charge in [-0.2, -0.15) is 13.2 Å². The molecule has 0 aliphatic heterocycles. The summed E-state index contributed by atoms with van der Waals surface area (Å²) in [7, 11) is 0. The molecule has 2 nitrogen and oxygen atoms in total. The van der Waals surface area contributed by atoms with Gasteiger partial charge in [0.1, 0.15) is 0 Å². The van der Waals surface area contributed by atoms with Crippen LogP contribution in [0.2, 0.25) is 0 Å². The third kappa shape index (κ3) is 9.36. The molecule has 0 bridgehead atoms. The lowest BCUT2D eigenvalue weighted by molar-refractivity contribution is -0.148. The van der Waals surface area contributed by atoms with Gasteiger partial charge >= 0.3 is 6.18 Å². The van der Waals surface area contributed by atoms with Crippen molar-refractivity contribution >= 4 is 0 Å². The van der Waals surface area contributed by atoms with Crippen molar-refractivity contribution in [1.82, 2.24) is 5.32 Å². The van der Waals surface area contributed by atoms with Crippen LogP contribution in [0.15, 0.2) is 0 Å². The first-order valence-corrected chi connectivity index (χ1v) is 4.28. The van der Waals surface area contributed by atoms with E-state index in [9.17, 15) is 13.2 Å². The van der Waals surface area contributed by atoms with Gasteiger partial charge in [0.15, 0.2) is 0 Å². The second-order valence-corrected chi connectivity index (χ2v) is 2.88. The first kappa shape index (κ1) is 13.3. The van der Waals surface area contributed by atoms with Gasteiger partial charge in [-0.3, -0.25) is 0 Å². The molecular formula is C9H14F3NO. The maximum Gasteiger partial charge on any atom is 0.391 e. The van der Waals surface area contributed by atoms with E-state index in [1.54, 1.807) is 6.92 Å². The average Bonchev–Trinajstić information content (AvgIpc) is 2.02. The predicted octanol–water partition coefficient (Wildman–Crippen LogP) is 1.57. The van der Waals surface area contributed by atoms with E-state index in [0.717, 1.165) is 0 Å². The van der Waals surface area contributed by atoms with Crippen LogP contribution < -0.4 is 5.32 Å². The summed E-state index contributed by atoms with van der Waals surface area (Å²) >= 11 is 0. The lowest BCUT2D eigenvalue weighted by Gasteiger charge is -2.13. The third-order valence-corrected chi connectivity index (χ3v) is 1.45. The zero-order valence-corrected chi connectivity index (χ0v) is 8.03. The Morgan fingerprint density at radius 1 is 1.50 bits per heavy atom. The lowest BCUT2D eigenvalue weighted by atomic mass is 10.4. The van der Waals surface area contributed by atoms with Crippen molar-refractivity contribution in [3.05, 3.63) is 0 Å². The molecule has 0 spiro atoms. The molecule has 0 heterocycles. The van der Waals surface area contributed by atoms with Gasteiger partial charge in [-0.05, 0) is 6.92 Å². The Hall–Kier alpha value is -0.730. The largest absolute Gasteiger partial charge is 0.391 e. The molecule has 0 fully saturated rings. The van der Waals surface area contributed by atoms with Crippen molar-refractivity contribution < 1.29 is 17.9 Å². The molecule has 82 valence electrons. The van der Waals surface area contributed by atoms with Crippen molar-refractivity contribution in [2.45, 2.75) is 25.6 Å². The van der Waals surface area contributed by atoms with Gasteiger partial charge in [-0.1, -0.05) is 5.92 Å². The van der Waals surface area contributed by atoms with E-state index in [2.05, 4.69) is 11.2 Å². The number of hydrogen-bond donors (Lipinski definition) is 1. The summed E-state index contributed by atoms with van der Waals surface area (Å²) in [5.74, 6) is 2.36. The highest BCUT2D eigenvalue weighted by molar-refractivity contribution is 4.86. The Balaban J connectivity index is 3.36. The van der Waals surface area contributed by atoms with Crippen LogP contribution in [0.1, 0.15) is 13.3 Å². The van der Waals surface area contributed by atoms with Gasteiger partial charge in [0.2, 0.25) is 0 Å². The monoisotopic (exact) mass is 209 g/mol. The Kier molecular flexibility index (Phi) is 6.34. The highest BCUT2D eigenvalue weighted by atomic mass is 19.4. The number of ether oxygens (including phenoxy) is 1. The molecule has 1 N–H and O–H groups in total. The van der Waals surface area contributed by atoms with E-state index < -0.39 is 12.6 Å². The maximum atomic E-state index is 11.7. The molecule has 1 atom stereocenters. The van der Waals surface area contributed by atoms with E-state index in [1.165, 1.54) is 0 Å². The Bertz CT molecular complexity index is 185. The minimum absolute atomic E-state index is 0.259. The summed E-state index contributed by atoms with van der Waals surface area (Å²) in [5.41, 5.74) is 0. The normalized spacial score (nSPS) is 13.6. The second kappa shape index (κ2) is 6.68. The van der Waals surface area contributed by atoms with Crippen LogP contribution >= 0.6 is 0 Å². The Morgan fingerprint density at radius 2 is 2.14 bits per heavy atom. The van der Waals surface area contributed by atoms with Crippen LogP contribution in [-0.2, 0) is 4.74 Å². The molecule has 0 aliphatic rings. The van der Waals surface area contributed by atoms with E-state index in [1.807, 2.05) is 0 Å². The van der Waals surface area contributed by atoms with Crippen molar-refractivity contribution in [2.75, 3.05) is 19.7 Å². The number of terminal acetylenes is 1.